The molecule has 0 amide bonds. The second kappa shape index (κ2) is 7.11. The van der Waals surface area contributed by atoms with Crippen molar-refractivity contribution in [3.8, 4) is 11.1 Å². The molecular weight excluding hydrogens is 266 g/mol. The van der Waals surface area contributed by atoms with Gasteiger partial charge in [0.05, 0.1) is 0 Å². The maximum absolute atomic E-state index is 3.30. The molecule has 1 atom stereocenters. The highest BCUT2D eigenvalue weighted by Crippen LogP contribution is 2.26. The SMILES string of the molecule is CNC(C)CCc1cccc(-c2ccc(C(C)(C)C)cc2)c1. The molecule has 2 aromatic rings. The van der Waals surface area contributed by atoms with Gasteiger partial charge in [-0.25, -0.2) is 0 Å². The van der Waals surface area contributed by atoms with E-state index in [2.05, 4.69) is 81.5 Å². The first-order chi connectivity index (χ1) is 10.4. The van der Waals surface area contributed by atoms with Crippen LogP contribution in [0.4, 0.5) is 0 Å². The third kappa shape index (κ3) is 4.45. The zero-order valence-corrected chi connectivity index (χ0v) is 14.6. The molecular formula is C21H29N. The Labute approximate surface area is 135 Å². The molecule has 0 fully saturated rings. The van der Waals surface area contributed by atoms with E-state index in [0.29, 0.717) is 6.04 Å². The van der Waals surface area contributed by atoms with Gasteiger partial charge in [-0.2, -0.15) is 0 Å². The number of hydrogen-bond acceptors (Lipinski definition) is 1. The fourth-order valence-electron chi connectivity index (χ4n) is 2.60. The molecule has 0 radical (unpaired) electrons. The summed E-state index contributed by atoms with van der Waals surface area (Å²) in [6, 6.07) is 18.5. The maximum atomic E-state index is 3.30. The molecule has 2 aromatic carbocycles. The average Bonchev–Trinajstić information content (AvgIpc) is 2.52. The summed E-state index contributed by atoms with van der Waals surface area (Å²) in [5.74, 6) is 0. The summed E-state index contributed by atoms with van der Waals surface area (Å²) in [6.07, 6.45) is 2.29. The molecule has 0 aromatic heterocycles. The van der Waals surface area contributed by atoms with Gasteiger partial charge in [0, 0.05) is 6.04 Å². The van der Waals surface area contributed by atoms with Gasteiger partial charge in [0.2, 0.25) is 0 Å². The first-order valence-corrected chi connectivity index (χ1v) is 8.27. The summed E-state index contributed by atoms with van der Waals surface area (Å²) in [7, 11) is 2.03. The highest BCUT2D eigenvalue weighted by molar-refractivity contribution is 5.64. The van der Waals surface area contributed by atoms with Gasteiger partial charge in [-0.15, -0.1) is 0 Å². The average molecular weight is 295 g/mol. The lowest BCUT2D eigenvalue weighted by Crippen LogP contribution is -2.21. The largest absolute Gasteiger partial charge is 0.317 e. The predicted octanol–water partition coefficient (Wildman–Crippen LogP) is 5.19. The molecule has 0 saturated heterocycles. The van der Waals surface area contributed by atoms with E-state index in [4.69, 9.17) is 0 Å². The van der Waals surface area contributed by atoms with Gasteiger partial charge in [0.15, 0.2) is 0 Å². The Hall–Kier alpha value is -1.60. The Morgan fingerprint density at radius 1 is 0.955 bits per heavy atom. The third-order valence-corrected chi connectivity index (χ3v) is 4.37. The lowest BCUT2D eigenvalue weighted by Gasteiger charge is -2.19. The van der Waals surface area contributed by atoms with E-state index < -0.39 is 0 Å². The van der Waals surface area contributed by atoms with Crippen molar-refractivity contribution in [2.45, 2.75) is 52.0 Å². The summed E-state index contributed by atoms with van der Waals surface area (Å²) in [6.45, 7) is 9.00. The van der Waals surface area contributed by atoms with Crippen LogP contribution in [0.2, 0.25) is 0 Å². The van der Waals surface area contributed by atoms with Gasteiger partial charge in [-0.1, -0.05) is 69.3 Å². The minimum absolute atomic E-state index is 0.212. The number of benzene rings is 2. The molecule has 0 aliphatic rings. The minimum atomic E-state index is 0.212. The van der Waals surface area contributed by atoms with Crippen LogP contribution in [0.5, 0.6) is 0 Å². The van der Waals surface area contributed by atoms with Crippen LogP contribution in [0.25, 0.3) is 11.1 Å². The first kappa shape index (κ1) is 16.8. The summed E-state index contributed by atoms with van der Waals surface area (Å²) in [5.41, 5.74) is 5.63. The van der Waals surface area contributed by atoms with Crippen LogP contribution in [0.1, 0.15) is 45.2 Å². The number of hydrogen-bond donors (Lipinski definition) is 1. The Kier molecular flexibility index (Phi) is 5.42. The Balaban J connectivity index is 2.15. The second-order valence-electron chi connectivity index (χ2n) is 7.26. The van der Waals surface area contributed by atoms with Crippen LogP contribution in [-0.4, -0.2) is 13.1 Å². The molecule has 22 heavy (non-hydrogen) atoms. The van der Waals surface area contributed by atoms with Gasteiger partial charge in [-0.3, -0.25) is 0 Å². The van der Waals surface area contributed by atoms with E-state index >= 15 is 0 Å². The van der Waals surface area contributed by atoms with Crippen molar-refractivity contribution in [3.05, 3.63) is 59.7 Å². The quantitative estimate of drug-likeness (QED) is 0.800. The van der Waals surface area contributed by atoms with Gasteiger partial charge in [0.25, 0.3) is 0 Å². The molecule has 1 nitrogen and oxygen atoms in total. The van der Waals surface area contributed by atoms with Crippen LogP contribution in [0.15, 0.2) is 48.5 Å². The molecule has 118 valence electrons. The molecule has 1 N–H and O–H groups in total. The Morgan fingerprint density at radius 2 is 1.64 bits per heavy atom. The molecule has 0 aliphatic carbocycles. The highest BCUT2D eigenvalue weighted by atomic mass is 14.8. The maximum Gasteiger partial charge on any atom is 0.00388 e. The molecule has 0 spiro atoms. The standard InChI is InChI=1S/C21H29N/c1-16(22-5)9-10-17-7-6-8-19(15-17)18-11-13-20(14-12-18)21(2,3)4/h6-8,11-16,22H,9-10H2,1-5H3. The van der Waals surface area contributed by atoms with Crippen molar-refractivity contribution < 1.29 is 0 Å². The van der Waals surface area contributed by atoms with E-state index in [0.717, 1.165) is 6.42 Å². The normalized spacial score (nSPS) is 13.1. The topological polar surface area (TPSA) is 12.0 Å². The number of rotatable bonds is 5. The zero-order chi connectivity index (χ0) is 16.2. The monoisotopic (exact) mass is 295 g/mol. The molecule has 0 bridgehead atoms. The van der Waals surface area contributed by atoms with Crippen LogP contribution in [0.3, 0.4) is 0 Å². The fraction of sp³-hybridized carbons (Fsp3) is 0.429. The smallest absolute Gasteiger partial charge is 0.00388 e. The van der Waals surface area contributed by atoms with E-state index in [1.807, 2.05) is 7.05 Å². The van der Waals surface area contributed by atoms with Crippen molar-refractivity contribution in [1.29, 1.82) is 0 Å². The van der Waals surface area contributed by atoms with Crippen molar-refractivity contribution >= 4 is 0 Å². The van der Waals surface area contributed by atoms with E-state index in [1.54, 1.807) is 0 Å². The van der Waals surface area contributed by atoms with Crippen molar-refractivity contribution in [3.63, 3.8) is 0 Å². The van der Waals surface area contributed by atoms with Crippen LogP contribution in [-0.2, 0) is 11.8 Å². The zero-order valence-electron chi connectivity index (χ0n) is 14.6. The molecule has 0 aliphatic heterocycles. The van der Waals surface area contributed by atoms with Gasteiger partial charge in [-0.05, 0) is 54.5 Å². The molecule has 2 rings (SSSR count). The molecule has 1 unspecified atom stereocenters. The summed E-state index contributed by atoms with van der Waals surface area (Å²) >= 11 is 0. The summed E-state index contributed by atoms with van der Waals surface area (Å²) in [4.78, 5) is 0. The summed E-state index contributed by atoms with van der Waals surface area (Å²) < 4.78 is 0. The number of aryl methyl sites for hydroxylation is 1. The van der Waals surface area contributed by atoms with Gasteiger partial charge >= 0.3 is 0 Å². The van der Waals surface area contributed by atoms with Gasteiger partial charge in [0.1, 0.15) is 0 Å². The van der Waals surface area contributed by atoms with Crippen LogP contribution in [0, 0.1) is 0 Å². The lowest BCUT2D eigenvalue weighted by molar-refractivity contribution is 0.565. The van der Waals surface area contributed by atoms with Crippen LogP contribution >= 0.6 is 0 Å². The predicted molar refractivity (Wildman–Crippen MR) is 97.4 cm³/mol. The lowest BCUT2D eigenvalue weighted by atomic mass is 9.86. The fourth-order valence-corrected chi connectivity index (χ4v) is 2.60. The van der Waals surface area contributed by atoms with Crippen molar-refractivity contribution in [2.75, 3.05) is 7.05 Å². The minimum Gasteiger partial charge on any atom is -0.317 e. The molecule has 0 saturated carbocycles. The van der Waals surface area contributed by atoms with E-state index in [-0.39, 0.29) is 5.41 Å². The van der Waals surface area contributed by atoms with E-state index in [1.165, 1.54) is 28.7 Å². The summed E-state index contributed by atoms with van der Waals surface area (Å²) in [5, 5.41) is 3.30. The van der Waals surface area contributed by atoms with E-state index in [9.17, 15) is 0 Å². The Bertz CT molecular complexity index is 590. The van der Waals surface area contributed by atoms with Crippen LogP contribution < -0.4 is 5.32 Å². The van der Waals surface area contributed by atoms with Crippen molar-refractivity contribution in [2.24, 2.45) is 0 Å². The second-order valence-corrected chi connectivity index (χ2v) is 7.26. The number of nitrogens with one attached hydrogen (secondary N) is 1. The molecule has 0 heterocycles. The Morgan fingerprint density at radius 3 is 2.23 bits per heavy atom. The highest BCUT2D eigenvalue weighted by Gasteiger charge is 2.13. The van der Waals surface area contributed by atoms with Crippen molar-refractivity contribution in [1.82, 2.24) is 5.32 Å². The van der Waals surface area contributed by atoms with Gasteiger partial charge < -0.3 is 5.32 Å². The molecule has 1 heteroatoms. The third-order valence-electron chi connectivity index (χ3n) is 4.37. The first-order valence-electron chi connectivity index (χ1n) is 8.27.